The summed E-state index contributed by atoms with van der Waals surface area (Å²) in [4.78, 5) is 2.79. The quantitative estimate of drug-likeness (QED) is 0.796. The number of piperazine rings is 1. The maximum atomic E-state index is 3.65. The number of nitrogens with one attached hydrogen (secondary N) is 1. The van der Waals surface area contributed by atoms with Crippen LogP contribution < -0.4 is 5.32 Å². The first-order valence-corrected chi connectivity index (χ1v) is 7.58. The third-order valence-electron chi connectivity index (χ3n) is 4.69. The number of rotatable bonds is 2. The minimum absolute atomic E-state index is 0.661. The summed E-state index contributed by atoms with van der Waals surface area (Å²) in [7, 11) is 0. The van der Waals surface area contributed by atoms with Crippen LogP contribution in [0.1, 0.15) is 53.4 Å². The van der Waals surface area contributed by atoms with Gasteiger partial charge in [-0.1, -0.05) is 26.7 Å². The van der Waals surface area contributed by atoms with Gasteiger partial charge in [0.05, 0.1) is 0 Å². The Morgan fingerprint density at radius 1 is 1.00 bits per heavy atom. The summed E-state index contributed by atoms with van der Waals surface area (Å²) in [6.07, 6.45) is 5.79. The molecule has 17 heavy (non-hydrogen) atoms. The van der Waals surface area contributed by atoms with Gasteiger partial charge in [0.25, 0.3) is 0 Å². The molecule has 0 radical (unpaired) electrons. The van der Waals surface area contributed by atoms with Gasteiger partial charge >= 0.3 is 0 Å². The van der Waals surface area contributed by atoms with E-state index in [9.17, 15) is 0 Å². The molecule has 0 aromatic rings. The van der Waals surface area contributed by atoms with Crippen LogP contribution in [-0.4, -0.2) is 36.1 Å². The van der Waals surface area contributed by atoms with E-state index in [1.807, 2.05) is 0 Å². The van der Waals surface area contributed by atoms with Crippen molar-refractivity contribution in [1.82, 2.24) is 10.2 Å². The number of nitrogens with zero attached hydrogens (tertiary/aromatic N) is 1. The molecule has 2 aliphatic rings. The van der Waals surface area contributed by atoms with Gasteiger partial charge in [-0.3, -0.25) is 4.90 Å². The van der Waals surface area contributed by atoms with Crippen LogP contribution in [-0.2, 0) is 0 Å². The summed E-state index contributed by atoms with van der Waals surface area (Å²) >= 11 is 0. The Morgan fingerprint density at radius 3 is 2.18 bits per heavy atom. The molecule has 0 aromatic heterocycles. The van der Waals surface area contributed by atoms with Gasteiger partial charge in [0.1, 0.15) is 0 Å². The third-order valence-corrected chi connectivity index (χ3v) is 4.69. The molecule has 0 aromatic carbocycles. The average Bonchev–Trinajstić information content (AvgIpc) is 2.27. The second-order valence-electron chi connectivity index (χ2n) is 6.68. The van der Waals surface area contributed by atoms with Crippen LogP contribution >= 0.6 is 0 Å². The fourth-order valence-electron chi connectivity index (χ4n) is 4.01. The van der Waals surface area contributed by atoms with Crippen LogP contribution in [0.4, 0.5) is 0 Å². The molecule has 2 heteroatoms. The SMILES string of the molecule is CC1CN(C2CCCCC2C(C)C)CC(C)N1. The Morgan fingerprint density at radius 2 is 1.59 bits per heavy atom. The van der Waals surface area contributed by atoms with Gasteiger partial charge in [0.15, 0.2) is 0 Å². The maximum Gasteiger partial charge on any atom is 0.0169 e. The van der Waals surface area contributed by atoms with E-state index in [1.165, 1.54) is 38.8 Å². The minimum atomic E-state index is 0.661. The lowest BCUT2D eigenvalue weighted by molar-refractivity contribution is 0.0447. The van der Waals surface area contributed by atoms with E-state index in [2.05, 4.69) is 37.9 Å². The topological polar surface area (TPSA) is 15.3 Å². The molecule has 0 bridgehead atoms. The standard InChI is InChI=1S/C15H30N2/c1-11(2)14-7-5-6-8-15(14)17-9-12(3)16-13(4)10-17/h11-16H,5-10H2,1-4H3. The molecular formula is C15H30N2. The van der Waals surface area contributed by atoms with Crippen molar-refractivity contribution in [3.05, 3.63) is 0 Å². The van der Waals surface area contributed by atoms with Gasteiger partial charge in [-0.2, -0.15) is 0 Å². The molecular weight excluding hydrogens is 208 g/mol. The Bertz CT molecular complexity index is 229. The Labute approximate surface area is 107 Å². The molecule has 1 aliphatic carbocycles. The van der Waals surface area contributed by atoms with Crippen LogP contribution in [0.5, 0.6) is 0 Å². The van der Waals surface area contributed by atoms with Crippen LogP contribution in [0.3, 0.4) is 0 Å². The summed E-state index contributed by atoms with van der Waals surface area (Å²) in [5.41, 5.74) is 0. The minimum Gasteiger partial charge on any atom is -0.309 e. The van der Waals surface area contributed by atoms with E-state index < -0.39 is 0 Å². The molecule has 2 fully saturated rings. The van der Waals surface area contributed by atoms with Gasteiger partial charge in [-0.15, -0.1) is 0 Å². The van der Waals surface area contributed by atoms with Gasteiger partial charge in [-0.25, -0.2) is 0 Å². The Kier molecular flexibility index (Phi) is 4.48. The van der Waals surface area contributed by atoms with E-state index >= 15 is 0 Å². The molecule has 1 aliphatic heterocycles. The van der Waals surface area contributed by atoms with Crippen LogP contribution in [0.15, 0.2) is 0 Å². The predicted octanol–water partition coefficient (Wildman–Crippen LogP) is 2.88. The molecule has 1 heterocycles. The van der Waals surface area contributed by atoms with Gasteiger partial charge < -0.3 is 5.32 Å². The van der Waals surface area contributed by atoms with Crippen molar-refractivity contribution in [1.29, 1.82) is 0 Å². The van der Waals surface area contributed by atoms with E-state index in [0.29, 0.717) is 12.1 Å². The molecule has 1 N–H and O–H groups in total. The van der Waals surface area contributed by atoms with Crippen molar-refractivity contribution < 1.29 is 0 Å². The Balaban J connectivity index is 2.02. The third kappa shape index (κ3) is 3.23. The number of hydrogen-bond donors (Lipinski definition) is 1. The molecule has 100 valence electrons. The molecule has 2 nitrogen and oxygen atoms in total. The van der Waals surface area contributed by atoms with E-state index in [4.69, 9.17) is 0 Å². The van der Waals surface area contributed by atoms with Crippen molar-refractivity contribution >= 4 is 0 Å². The fourth-order valence-corrected chi connectivity index (χ4v) is 4.01. The summed E-state index contributed by atoms with van der Waals surface area (Å²) in [6, 6.07) is 2.18. The van der Waals surface area contributed by atoms with Crippen LogP contribution in [0, 0.1) is 11.8 Å². The highest BCUT2D eigenvalue weighted by molar-refractivity contribution is 4.90. The second kappa shape index (κ2) is 5.71. The van der Waals surface area contributed by atoms with Crippen molar-refractivity contribution in [3.8, 4) is 0 Å². The lowest BCUT2D eigenvalue weighted by atomic mass is 9.76. The highest BCUT2D eigenvalue weighted by Gasteiger charge is 2.34. The normalized spacial score (nSPS) is 40.8. The highest BCUT2D eigenvalue weighted by Crippen LogP contribution is 2.34. The first kappa shape index (κ1) is 13.4. The van der Waals surface area contributed by atoms with Crippen molar-refractivity contribution in [3.63, 3.8) is 0 Å². The van der Waals surface area contributed by atoms with E-state index in [-0.39, 0.29) is 0 Å². The molecule has 0 amide bonds. The van der Waals surface area contributed by atoms with E-state index in [0.717, 1.165) is 17.9 Å². The monoisotopic (exact) mass is 238 g/mol. The molecule has 1 saturated heterocycles. The highest BCUT2D eigenvalue weighted by atomic mass is 15.2. The second-order valence-corrected chi connectivity index (χ2v) is 6.68. The summed E-state index contributed by atoms with van der Waals surface area (Å²) in [5.74, 6) is 1.78. The summed E-state index contributed by atoms with van der Waals surface area (Å²) in [6.45, 7) is 12.0. The lowest BCUT2D eigenvalue weighted by Crippen LogP contribution is -2.59. The zero-order chi connectivity index (χ0) is 12.4. The van der Waals surface area contributed by atoms with Crippen molar-refractivity contribution in [2.75, 3.05) is 13.1 Å². The van der Waals surface area contributed by atoms with Crippen LogP contribution in [0.25, 0.3) is 0 Å². The lowest BCUT2D eigenvalue weighted by Gasteiger charge is -2.46. The molecule has 1 saturated carbocycles. The smallest absolute Gasteiger partial charge is 0.0169 e. The summed E-state index contributed by atoms with van der Waals surface area (Å²) < 4.78 is 0. The maximum absolute atomic E-state index is 3.65. The van der Waals surface area contributed by atoms with E-state index in [1.54, 1.807) is 0 Å². The van der Waals surface area contributed by atoms with Crippen molar-refractivity contribution in [2.24, 2.45) is 11.8 Å². The zero-order valence-electron chi connectivity index (χ0n) is 12.1. The first-order valence-electron chi connectivity index (χ1n) is 7.58. The fraction of sp³-hybridized carbons (Fsp3) is 1.00. The van der Waals surface area contributed by atoms with Crippen LogP contribution in [0.2, 0.25) is 0 Å². The number of hydrogen-bond acceptors (Lipinski definition) is 2. The molecule has 4 atom stereocenters. The van der Waals surface area contributed by atoms with Gasteiger partial charge in [0, 0.05) is 31.2 Å². The predicted molar refractivity (Wildman–Crippen MR) is 74.2 cm³/mol. The molecule has 0 spiro atoms. The van der Waals surface area contributed by atoms with Crippen molar-refractivity contribution in [2.45, 2.75) is 71.5 Å². The molecule has 4 unspecified atom stereocenters. The molecule has 2 rings (SSSR count). The average molecular weight is 238 g/mol. The van der Waals surface area contributed by atoms with Gasteiger partial charge in [0.2, 0.25) is 0 Å². The summed E-state index contributed by atoms with van der Waals surface area (Å²) in [5, 5.41) is 3.65. The zero-order valence-corrected chi connectivity index (χ0v) is 12.1. The largest absolute Gasteiger partial charge is 0.309 e. The first-order chi connectivity index (χ1) is 8.08. The Hall–Kier alpha value is -0.0800. The van der Waals surface area contributed by atoms with Gasteiger partial charge in [-0.05, 0) is 38.5 Å².